The van der Waals surface area contributed by atoms with Crippen molar-refractivity contribution < 1.29 is 9.47 Å². The van der Waals surface area contributed by atoms with Crippen LogP contribution in [0.3, 0.4) is 0 Å². The molecule has 104 valence electrons. The molecule has 0 aliphatic heterocycles. The van der Waals surface area contributed by atoms with Crippen molar-refractivity contribution in [1.29, 1.82) is 0 Å². The van der Waals surface area contributed by atoms with E-state index in [9.17, 15) is 0 Å². The van der Waals surface area contributed by atoms with E-state index >= 15 is 0 Å². The van der Waals surface area contributed by atoms with Crippen molar-refractivity contribution in [2.24, 2.45) is 0 Å². The summed E-state index contributed by atoms with van der Waals surface area (Å²) in [4.78, 5) is 12.0. The van der Waals surface area contributed by atoms with Crippen LogP contribution in [0.4, 0.5) is 0 Å². The molecule has 21 heavy (non-hydrogen) atoms. The first-order valence-corrected chi connectivity index (χ1v) is 6.46. The van der Waals surface area contributed by atoms with Gasteiger partial charge >= 0.3 is 0 Å². The highest BCUT2D eigenvalue weighted by atomic mass is 16.5. The van der Waals surface area contributed by atoms with Crippen molar-refractivity contribution in [1.82, 2.24) is 15.0 Å². The van der Waals surface area contributed by atoms with E-state index in [0.717, 1.165) is 11.3 Å². The van der Waals surface area contributed by atoms with Gasteiger partial charge in [0.1, 0.15) is 18.1 Å². The molecule has 0 radical (unpaired) electrons. The Labute approximate surface area is 122 Å². The zero-order chi connectivity index (χ0) is 14.3. The molecule has 2 aromatic heterocycles. The van der Waals surface area contributed by atoms with Crippen LogP contribution in [0.5, 0.6) is 17.4 Å². The van der Waals surface area contributed by atoms with Gasteiger partial charge in [0.2, 0.25) is 5.88 Å². The Morgan fingerprint density at radius 3 is 2.33 bits per heavy atom. The van der Waals surface area contributed by atoms with Crippen LogP contribution in [0.1, 0.15) is 5.56 Å². The largest absolute Gasteiger partial charge is 0.489 e. The molecule has 3 aromatic rings. The molecule has 3 rings (SSSR count). The number of hydrogen-bond acceptors (Lipinski definition) is 5. The molecule has 0 N–H and O–H groups in total. The summed E-state index contributed by atoms with van der Waals surface area (Å²) in [5, 5.41) is 0. The van der Waals surface area contributed by atoms with Crippen LogP contribution < -0.4 is 9.47 Å². The smallest absolute Gasteiger partial charge is 0.237 e. The number of benzene rings is 1. The minimum Gasteiger partial charge on any atom is -0.489 e. The van der Waals surface area contributed by atoms with Gasteiger partial charge in [-0.1, -0.05) is 6.07 Å². The van der Waals surface area contributed by atoms with Gasteiger partial charge in [-0.15, -0.1) is 0 Å². The number of hydrogen-bond donors (Lipinski definition) is 0. The van der Waals surface area contributed by atoms with E-state index in [1.54, 1.807) is 31.0 Å². The number of aromatic nitrogens is 3. The number of pyridine rings is 1. The molecule has 0 unspecified atom stereocenters. The van der Waals surface area contributed by atoms with Crippen LogP contribution in [0.15, 0.2) is 67.4 Å². The lowest BCUT2D eigenvalue weighted by Crippen LogP contribution is -1.95. The first-order chi connectivity index (χ1) is 10.4. The predicted octanol–water partition coefficient (Wildman–Crippen LogP) is 3.24. The minimum atomic E-state index is 0.460. The summed E-state index contributed by atoms with van der Waals surface area (Å²) in [7, 11) is 0. The molecule has 0 saturated carbocycles. The Morgan fingerprint density at radius 2 is 1.62 bits per heavy atom. The Kier molecular flexibility index (Phi) is 4.02. The van der Waals surface area contributed by atoms with Crippen molar-refractivity contribution >= 4 is 0 Å². The van der Waals surface area contributed by atoms with Gasteiger partial charge in [-0.05, 0) is 30.3 Å². The van der Waals surface area contributed by atoms with E-state index < -0.39 is 0 Å². The fourth-order valence-corrected chi connectivity index (χ4v) is 1.71. The minimum absolute atomic E-state index is 0.460. The molecule has 0 amide bonds. The Balaban J connectivity index is 1.59. The van der Waals surface area contributed by atoms with E-state index in [2.05, 4.69) is 15.0 Å². The average molecular weight is 279 g/mol. The SMILES string of the molecule is c1cncc(COc2ccc(Oc3cnccn3)cc2)c1. The highest BCUT2D eigenvalue weighted by molar-refractivity contribution is 5.33. The van der Waals surface area contributed by atoms with E-state index in [1.807, 2.05) is 36.4 Å². The van der Waals surface area contributed by atoms with Gasteiger partial charge in [-0.25, -0.2) is 4.98 Å². The van der Waals surface area contributed by atoms with Gasteiger partial charge in [0.25, 0.3) is 0 Å². The quantitative estimate of drug-likeness (QED) is 0.717. The van der Waals surface area contributed by atoms with Gasteiger partial charge in [-0.3, -0.25) is 9.97 Å². The van der Waals surface area contributed by atoms with Crippen LogP contribution in [-0.4, -0.2) is 15.0 Å². The van der Waals surface area contributed by atoms with Crippen molar-refractivity contribution in [3.8, 4) is 17.4 Å². The maximum atomic E-state index is 5.67. The zero-order valence-electron chi connectivity index (χ0n) is 11.2. The highest BCUT2D eigenvalue weighted by Gasteiger charge is 2.00. The van der Waals surface area contributed by atoms with E-state index in [-0.39, 0.29) is 0 Å². The lowest BCUT2D eigenvalue weighted by atomic mass is 10.3. The summed E-state index contributed by atoms with van der Waals surface area (Å²) >= 11 is 0. The van der Waals surface area contributed by atoms with Gasteiger partial charge < -0.3 is 9.47 Å². The average Bonchev–Trinajstić information content (AvgIpc) is 2.56. The second kappa shape index (κ2) is 6.47. The lowest BCUT2D eigenvalue weighted by molar-refractivity contribution is 0.305. The summed E-state index contributed by atoms with van der Waals surface area (Å²) in [5.41, 5.74) is 1.03. The standard InChI is InChI=1S/C16H13N3O2/c1-2-13(10-17-7-1)12-20-14-3-5-15(6-4-14)21-16-11-18-8-9-19-16/h1-11H,12H2. The van der Waals surface area contributed by atoms with Crippen LogP contribution in [0, 0.1) is 0 Å². The topological polar surface area (TPSA) is 57.1 Å². The Hall–Kier alpha value is -2.95. The molecule has 0 saturated heterocycles. The van der Waals surface area contributed by atoms with Gasteiger partial charge in [0.05, 0.1) is 6.20 Å². The maximum absolute atomic E-state index is 5.67. The predicted molar refractivity (Wildman–Crippen MR) is 77.1 cm³/mol. The number of rotatable bonds is 5. The molecule has 1 aromatic carbocycles. The molecular formula is C16H13N3O2. The summed E-state index contributed by atoms with van der Waals surface area (Å²) in [6.07, 6.45) is 8.27. The number of ether oxygens (including phenoxy) is 2. The molecule has 0 bridgehead atoms. The molecule has 0 aliphatic carbocycles. The summed E-state index contributed by atoms with van der Waals surface area (Å²) in [5.74, 6) is 1.91. The molecule has 0 atom stereocenters. The molecule has 0 spiro atoms. The third kappa shape index (κ3) is 3.76. The first-order valence-electron chi connectivity index (χ1n) is 6.46. The van der Waals surface area contributed by atoms with Crippen molar-refractivity contribution in [3.63, 3.8) is 0 Å². The van der Waals surface area contributed by atoms with E-state index in [4.69, 9.17) is 9.47 Å². The Bertz CT molecular complexity index is 673. The van der Waals surface area contributed by atoms with Gasteiger partial charge in [-0.2, -0.15) is 0 Å². The fourth-order valence-electron chi connectivity index (χ4n) is 1.71. The van der Waals surface area contributed by atoms with Crippen LogP contribution in [-0.2, 0) is 6.61 Å². The molecule has 5 heteroatoms. The lowest BCUT2D eigenvalue weighted by Gasteiger charge is -2.07. The molecular weight excluding hydrogens is 266 g/mol. The van der Waals surface area contributed by atoms with Crippen molar-refractivity contribution in [3.05, 3.63) is 72.9 Å². The van der Waals surface area contributed by atoms with Gasteiger partial charge in [0, 0.05) is 30.4 Å². The maximum Gasteiger partial charge on any atom is 0.237 e. The third-order valence-electron chi connectivity index (χ3n) is 2.71. The fraction of sp³-hybridized carbons (Fsp3) is 0.0625. The summed E-state index contributed by atoms with van der Waals surface area (Å²) in [6.45, 7) is 0.484. The molecule has 5 nitrogen and oxygen atoms in total. The van der Waals surface area contributed by atoms with E-state index in [1.165, 1.54) is 0 Å². The molecule has 0 aliphatic rings. The van der Waals surface area contributed by atoms with Gasteiger partial charge in [0.15, 0.2) is 0 Å². The number of nitrogens with zero attached hydrogens (tertiary/aromatic N) is 3. The van der Waals surface area contributed by atoms with Crippen LogP contribution >= 0.6 is 0 Å². The molecule has 0 fully saturated rings. The zero-order valence-corrected chi connectivity index (χ0v) is 11.2. The summed E-state index contributed by atoms with van der Waals surface area (Å²) in [6, 6.07) is 11.2. The second-order valence-corrected chi connectivity index (χ2v) is 4.27. The van der Waals surface area contributed by atoms with E-state index in [0.29, 0.717) is 18.2 Å². The highest BCUT2D eigenvalue weighted by Crippen LogP contribution is 2.22. The second-order valence-electron chi connectivity index (χ2n) is 4.27. The normalized spacial score (nSPS) is 10.1. The first kappa shape index (κ1) is 13.1. The van der Waals surface area contributed by atoms with Crippen LogP contribution in [0.2, 0.25) is 0 Å². The Morgan fingerprint density at radius 1 is 0.810 bits per heavy atom. The summed E-state index contributed by atoms with van der Waals surface area (Å²) < 4.78 is 11.2. The molecule has 2 heterocycles. The van der Waals surface area contributed by atoms with Crippen LogP contribution in [0.25, 0.3) is 0 Å². The third-order valence-corrected chi connectivity index (χ3v) is 2.71. The monoisotopic (exact) mass is 279 g/mol. The van der Waals surface area contributed by atoms with Crippen molar-refractivity contribution in [2.45, 2.75) is 6.61 Å². The van der Waals surface area contributed by atoms with Crippen molar-refractivity contribution in [2.75, 3.05) is 0 Å².